The van der Waals surface area contributed by atoms with Gasteiger partial charge in [0.25, 0.3) is 0 Å². The predicted molar refractivity (Wildman–Crippen MR) is 124 cm³/mol. The molecule has 3 rings (SSSR count). The molecule has 0 radical (unpaired) electrons. The third kappa shape index (κ3) is 5.44. The van der Waals surface area contributed by atoms with E-state index in [1.54, 1.807) is 0 Å². The van der Waals surface area contributed by atoms with E-state index in [1.165, 1.54) is 16.0 Å². The minimum Gasteiger partial charge on any atom is -0.370 e. The summed E-state index contributed by atoms with van der Waals surface area (Å²) < 4.78 is 0. The molecule has 0 aliphatic carbocycles. The van der Waals surface area contributed by atoms with E-state index < -0.39 is 0 Å². The molecule has 1 atom stereocenters. The highest BCUT2D eigenvalue weighted by molar-refractivity contribution is 14.0. The van der Waals surface area contributed by atoms with Gasteiger partial charge in [-0.25, -0.2) is 0 Å². The summed E-state index contributed by atoms with van der Waals surface area (Å²) in [4.78, 5) is 8.59. The minimum atomic E-state index is 0. The molecule has 0 spiro atoms. The van der Waals surface area contributed by atoms with Gasteiger partial charge in [0.05, 0.1) is 6.54 Å². The second-order valence-electron chi connectivity index (χ2n) is 7.07. The quantitative estimate of drug-likeness (QED) is 0.369. The van der Waals surface area contributed by atoms with Gasteiger partial charge in [-0.2, -0.15) is 0 Å². The molecule has 1 aliphatic heterocycles. The van der Waals surface area contributed by atoms with Crippen molar-refractivity contribution in [3.05, 3.63) is 51.7 Å². The fourth-order valence-corrected chi connectivity index (χ4v) is 4.05. The van der Waals surface area contributed by atoms with Crippen molar-refractivity contribution in [2.45, 2.75) is 45.7 Å². The van der Waals surface area contributed by atoms with Crippen LogP contribution in [0, 0.1) is 0 Å². The first kappa shape index (κ1) is 21.2. The summed E-state index contributed by atoms with van der Waals surface area (Å²) in [5, 5.41) is 5.42. The Balaban J connectivity index is 0.00000243. The van der Waals surface area contributed by atoms with Crippen LogP contribution in [0.3, 0.4) is 0 Å². The third-order valence-corrected chi connectivity index (χ3v) is 5.84. The molecule has 26 heavy (non-hydrogen) atoms. The average molecular weight is 484 g/mol. The molecule has 1 aromatic carbocycles. The van der Waals surface area contributed by atoms with Crippen LogP contribution >= 0.6 is 35.3 Å². The number of nitrogens with zero attached hydrogens (tertiary/aromatic N) is 2. The average Bonchev–Trinajstić information content (AvgIpc) is 3.07. The van der Waals surface area contributed by atoms with Crippen LogP contribution in [0.2, 0.25) is 0 Å². The van der Waals surface area contributed by atoms with Crippen LogP contribution in [0.15, 0.2) is 40.7 Å². The molecule has 0 saturated heterocycles. The Bertz CT molecular complexity index is 741. The number of nitrogens with two attached hydrogens (primary N) is 1. The van der Waals surface area contributed by atoms with E-state index in [2.05, 4.69) is 65.6 Å². The lowest BCUT2D eigenvalue weighted by atomic mass is 10.0. The van der Waals surface area contributed by atoms with Crippen LogP contribution in [0.1, 0.15) is 42.7 Å². The maximum Gasteiger partial charge on any atom is 0.193 e. The highest BCUT2D eigenvalue weighted by Gasteiger charge is 2.21. The van der Waals surface area contributed by atoms with Crippen molar-refractivity contribution in [1.82, 2.24) is 4.90 Å². The Kier molecular flexibility index (Phi) is 7.91. The molecular formula is C20H29IN4S. The van der Waals surface area contributed by atoms with Gasteiger partial charge in [-0.3, -0.25) is 9.89 Å². The summed E-state index contributed by atoms with van der Waals surface area (Å²) in [5.74, 6) is 0.988. The van der Waals surface area contributed by atoms with E-state index in [1.807, 2.05) is 17.4 Å². The number of aliphatic imine (C=N–C) groups is 1. The number of fused-ring (bicyclic) bond motifs is 1. The SMILES string of the molecule is CC(C)c1cccc(NC(N)=NCC(C)N2CCc3sccc3C2)c1.I. The second kappa shape index (κ2) is 9.71. The lowest BCUT2D eigenvalue weighted by molar-refractivity contribution is 0.197. The third-order valence-electron chi connectivity index (χ3n) is 4.81. The number of hydrogen-bond acceptors (Lipinski definition) is 3. The Morgan fingerprint density at radius 2 is 2.12 bits per heavy atom. The van der Waals surface area contributed by atoms with Crippen LogP contribution in [0.5, 0.6) is 0 Å². The molecular weight excluding hydrogens is 455 g/mol. The van der Waals surface area contributed by atoms with E-state index >= 15 is 0 Å². The monoisotopic (exact) mass is 484 g/mol. The number of hydrogen-bond donors (Lipinski definition) is 2. The largest absolute Gasteiger partial charge is 0.370 e. The number of anilines is 1. The molecule has 1 unspecified atom stereocenters. The lowest BCUT2D eigenvalue weighted by Crippen LogP contribution is -2.39. The van der Waals surface area contributed by atoms with Crippen molar-refractivity contribution in [2.24, 2.45) is 10.7 Å². The zero-order valence-corrected chi connectivity index (χ0v) is 18.9. The second-order valence-corrected chi connectivity index (χ2v) is 8.07. The fourth-order valence-electron chi connectivity index (χ4n) is 3.16. The highest BCUT2D eigenvalue weighted by atomic mass is 127. The molecule has 1 aromatic heterocycles. The van der Waals surface area contributed by atoms with Gasteiger partial charge in [-0.1, -0.05) is 26.0 Å². The summed E-state index contributed by atoms with van der Waals surface area (Å²) in [7, 11) is 0. The number of nitrogens with one attached hydrogen (secondary N) is 1. The van der Waals surface area contributed by atoms with Crippen LogP contribution in [-0.2, 0) is 13.0 Å². The first-order chi connectivity index (χ1) is 12.0. The van der Waals surface area contributed by atoms with Gasteiger partial charge in [-0.15, -0.1) is 35.3 Å². The Labute approximate surface area is 177 Å². The van der Waals surface area contributed by atoms with E-state index in [0.717, 1.165) is 25.2 Å². The van der Waals surface area contributed by atoms with Crippen molar-refractivity contribution in [1.29, 1.82) is 0 Å². The van der Waals surface area contributed by atoms with E-state index in [4.69, 9.17) is 5.73 Å². The normalized spacial score (nSPS) is 16.1. The van der Waals surface area contributed by atoms with Crippen LogP contribution in [0.4, 0.5) is 5.69 Å². The van der Waals surface area contributed by atoms with Crippen LogP contribution in [-0.4, -0.2) is 30.0 Å². The van der Waals surface area contributed by atoms with Crippen molar-refractivity contribution >= 4 is 47.0 Å². The molecule has 142 valence electrons. The van der Waals surface area contributed by atoms with Crippen molar-refractivity contribution in [2.75, 3.05) is 18.4 Å². The number of thiophene rings is 1. The molecule has 4 nitrogen and oxygen atoms in total. The molecule has 1 aliphatic rings. The first-order valence-electron chi connectivity index (χ1n) is 8.99. The number of rotatable bonds is 5. The van der Waals surface area contributed by atoms with Crippen molar-refractivity contribution in [3.8, 4) is 0 Å². The van der Waals surface area contributed by atoms with E-state index in [-0.39, 0.29) is 24.0 Å². The maximum absolute atomic E-state index is 6.09. The Morgan fingerprint density at radius 1 is 1.31 bits per heavy atom. The van der Waals surface area contributed by atoms with Gasteiger partial charge in [0, 0.05) is 29.7 Å². The number of benzene rings is 1. The lowest BCUT2D eigenvalue weighted by Gasteiger charge is -2.31. The van der Waals surface area contributed by atoms with Gasteiger partial charge < -0.3 is 11.1 Å². The molecule has 0 fully saturated rings. The maximum atomic E-state index is 6.09. The van der Waals surface area contributed by atoms with Crippen LogP contribution < -0.4 is 11.1 Å². The molecule has 0 amide bonds. The summed E-state index contributed by atoms with van der Waals surface area (Å²) in [5.41, 5.74) is 9.87. The van der Waals surface area contributed by atoms with Gasteiger partial charge in [0.1, 0.15) is 0 Å². The smallest absolute Gasteiger partial charge is 0.193 e. The van der Waals surface area contributed by atoms with Gasteiger partial charge in [0.2, 0.25) is 0 Å². The summed E-state index contributed by atoms with van der Waals surface area (Å²) in [6.07, 6.45) is 1.15. The van der Waals surface area contributed by atoms with Gasteiger partial charge >= 0.3 is 0 Å². The summed E-state index contributed by atoms with van der Waals surface area (Å²) in [6, 6.07) is 11.0. The topological polar surface area (TPSA) is 53.6 Å². The predicted octanol–water partition coefficient (Wildman–Crippen LogP) is 4.66. The van der Waals surface area contributed by atoms with Crippen LogP contribution in [0.25, 0.3) is 0 Å². The minimum absolute atomic E-state index is 0. The summed E-state index contributed by atoms with van der Waals surface area (Å²) in [6.45, 7) is 9.45. The molecule has 0 saturated carbocycles. The summed E-state index contributed by atoms with van der Waals surface area (Å²) >= 11 is 1.88. The van der Waals surface area contributed by atoms with Crippen molar-refractivity contribution < 1.29 is 0 Å². The number of halogens is 1. The van der Waals surface area contributed by atoms with E-state index in [9.17, 15) is 0 Å². The molecule has 6 heteroatoms. The molecule has 2 heterocycles. The Morgan fingerprint density at radius 3 is 2.88 bits per heavy atom. The molecule has 3 N–H and O–H groups in total. The molecule has 2 aromatic rings. The fraction of sp³-hybridized carbons (Fsp3) is 0.450. The zero-order chi connectivity index (χ0) is 17.8. The van der Waals surface area contributed by atoms with Gasteiger partial charge in [-0.05, 0) is 54.0 Å². The van der Waals surface area contributed by atoms with Gasteiger partial charge in [0.15, 0.2) is 5.96 Å². The Hall–Kier alpha value is -1.12. The molecule has 0 bridgehead atoms. The number of guanidine groups is 1. The zero-order valence-electron chi connectivity index (χ0n) is 15.7. The standard InChI is InChI=1S/C20H28N4S.HI/c1-14(2)16-5-4-6-18(11-16)23-20(21)22-12-15(3)24-9-7-19-17(13-24)8-10-25-19;/h4-6,8,10-11,14-15H,7,9,12-13H2,1-3H3,(H3,21,22,23);1H. The first-order valence-corrected chi connectivity index (χ1v) is 9.87. The van der Waals surface area contributed by atoms with Crippen molar-refractivity contribution in [3.63, 3.8) is 0 Å². The highest BCUT2D eigenvalue weighted by Crippen LogP contribution is 2.25. The van der Waals surface area contributed by atoms with E-state index in [0.29, 0.717) is 24.5 Å².